The van der Waals surface area contributed by atoms with E-state index in [2.05, 4.69) is 10.1 Å². The Morgan fingerprint density at radius 2 is 2.04 bits per heavy atom. The summed E-state index contributed by atoms with van der Waals surface area (Å²) in [6.07, 6.45) is 1.36. The number of carbonyl (C=O) groups is 1. The molecule has 25 heavy (non-hydrogen) atoms. The van der Waals surface area contributed by atoms with Gasteiger partial charge in [0.2, 0.25) is 5.82 Å². The standard InChI is InChI=1S/C18H20F2N2O3/c1-2-3-7-13-10-14(24-16(13)23)11-18(19,20)17-21-15(22-25-17)12-8-5-4-6-9-12/h4-6,8-9,13-14H,2-3,7,10-11H2,1H3/t13-,14-/m0/s1. The first-order valence-corrected chi connectivity index (χ1v) is 8.47. The third-order valence-corrected chi connectivity index (χ3v) is 4.32. The zero-order valence-electron chi connectivity index (χ0n) is 14.0. The summed E-state index contributed by atoms with van der Waals surface area (Å²) in [4.78, 5) is 15.6. The summed E-state index contributed by atoms with van der Waals surface area (Å²) in [7, 11) is 0. The Morgan fingerprint density at radius 1 is 1.28 bits per heavy atom. The largest absolute Gasteiger partial charge is 0.462 e. The van der Waals surface area contributed by atoms with Crippen LogP contribution < -0.4 is 0 Å². The molecule has 2 heterocycles. The second-order valence-electron chi connectivity index (χ2n) is 6.33. The van der Waals surface area contributed by atoms with E-state index in [9.17, 15) is 13.6 Å². The number of halogens is 2. The van der Waals surface area contributed by atoms with Crippen molar-refractivity contribution in [1.29, 1.82) is 0 Å². The third kappa shape index (κ3) is 4.03. The van der Waals surface area contributed by atoms with Crippen molar-refractivity contribution in [3.05, 3.63) is 36.2 Å². The fourth-order valence-electron chi connectivity index (χ4n) is 2.98. The van der Waals surface area contributed by atoms with Gasteiger partial charge in [-0.1, -0.05) is 55.3 Å². The van der Waals surface area contributed by atoms with Crippen molar-refractivity contribution in [2.75, 3.05) is 0 Å². The molecule has 1 aromatic carbocycles. The Bertz CT molecular complexity index is 718. The lowest BCUT2D eigenvalue weighted by atomic mass is 9.96. The lowest BCUT2D eigenvalue weighted by Crippen LogP contribution is -2.22. The van der Waals surface area contributed by atoms with E-state index in [0.29, 0.717) is 18.4 Å². The van der Waals surface area contributed by atoms with Crippen LogP contribution in [0.15, 0.2) is 34.9 Å². The molecule has 1 aromatic heterocycles. The van der Waals surface area contributed by atoms with Crippen LogP contribution in [0.5, 0.6) is 0 Å². The van der Waals surface area contributed by atoms with E-state index in [1.807, 2.05) is 13.0 Å². The predicted octanol–water partition coefficient (Wildman–Crippen LogP) is 4.34. The van der Waals surface area contributed by atoms with Gasteiger partial charge in [-0.15, -0.1) is 0 Å². The lowest BCUT2D eigenvalue weighted by Gasteiger charge is -2.15. The average Bonchev–Trinajstić information content (AvgIpc) is 3.21. The number of cyclic esters (lactones) is 1. The van der Waals surface area contributed by atoms with Gasteiger partial charge in [0.1, 0.15) is 6.10 Å². The highest BCUT2D eigenvalue weighted by Crippen LogP contribution is 2.38. The summed E-state index contributed by atoms with van der Waals surface area (Å²) in [5.74, 6) is -4.66. The van der Waals surface area contributed by atoms with Crippen LogP contribution in [0, 0.1) is 5.92 Å². The maximum Gasteiger partial charge on any atom is 0.328 e. The summed E-state index contributed by atoms with van der Waals surface area (Å²) in [5.41, 5.74) is 0.597. The summed E-state index contributed by atoms with van der Waals surface area (Å²) >= 11 is 0. The number of hydrogen-bond donors (Lipinski definition) is 0. The van der Waals surface area contributed by atoms with Gasteiger partial charge in [0, 0.05) is 5.56 Å². The van der Waals surface area contributed by atoms with Crippen LogP contribution in [0.1, 0.15) is 44.9 Å². The zero-order chi connectivity index (χ0) is 17.9. The molecular weight excluding hydrogens is 330 g/mol. The van der Waals surface area contributed by atoms with E-state index in [1.165, 1.54) is 0 Å². The van der Waals surface area contributed by atoms with Gasteiger partial charge < -0.3 is 9.26 Å². The van der Waals surface area contributed by atoms with E-state index in [0.717, 1.165) is 12.8 Å². The van der Waals surface area contributed by atoms with Crippen LogP contribution in [0.2, 0.25) is 0 Å². The number of nitrogens with zero attached hydrogens (tertiary/aromatic N) is 2. The Hall–Kier alpha value is -2.31. The van der Waals surface area contributed by atoms with Crippen molar-refractivity contribution in [2.24, 2.45) is 5.92 Å². The fourth-order valence-corrected chi connectivity index (χ4v) is 2.98. The van der Waals surface area contributed by atoms with Crippen molar-refractivity contribution in [1.82, 2.24) is 10.1 Å². The quantitative estimate of drug-likeness (QED) is 0.695. The van der Waals surface area contributed by atoms with Crippen LogP contribution in [0.25, 0.3) is 11.4 Å². The minimum absolute atomic E-state index is 0.111. The molecule has 0 radical (unpaired) electrons. The number of esters is 1. The normalized spacial score (nSPS) is 20.7. The van der Waals surface area contributed by atoms with Gasteiger partial charge in [-0.3, -0.25) is 4.79 Å². The summed E-state index contributed by atoms with van der Waals surface area (Å²) < 4.78 is 38.8. The lowest BCUT2D eigenvalue weighted by molar-refractivity contribution is -0.148. The predicted molar refractivity (Wildman–Crippen MR) is 85.8 cm³/mol. The van der Waals surface area contributed by atoms with Gasteiger partial charge in [-0.05, 0) is 12.8 Å². The molecule has 0 amide bonds. The smallest absolute Gasteiger partial charge is 0.328 e. The Kier molecular flexibility index (Phi) is 5.11. The highest BCUT2D eigenvalue weighted by atomic mass is 19.3. The molecule has 1 fully saturated rings. The number of rotatable bonds is 7. The molecule has 0 bridgehead atoms. The third-order valence-electron chi connectivity index (χ3n) is 4.32. The molecule has 1 saturated heterocycles. The molecule has 0 aliphatic carbocycles. The average molecular weight is 350 g/mol. The molecule has 0 spiro atoms. The van der Waals surface area contributed by atoms with E-state index >= 15 is 0 Å². The van der Waals surface area contributed by atoms with Gasteiger partial charge in [-0.2, -0.15) is 13.8 Å². The number of benzene rings is 1. The second-order valence-corrected chi connectivity index (χ2v) is 6.33. The fraction of sp³-hybridized carbons (Fsp3) is 0.500. The van der Waals surface area contributed by atoms with Crippen LogP contribution in [-0.2, 0) is 15.5 Å². The summed E-state index contributed by atoms with van der Waals surface area (Å²) in [6.45, 7) is 2.02. The molecule has 134 valence electrons. The minimum atomic E-state index is -3.34. The highest BCUT2D eigenvalue weighted by Gasteiger charge is 2.45. The van der Waals surface area contributed by atoms with Crippen molar-refractivity contribution in [3.63, 3.8) is 0 Å². The molecule has 1 aliphatic rings. The van der Waals surface area contributed by atoms with Crippen LogP contribution in [-0.4, -0.2) is 22.2 Å². The number of aromatic nitrogens is 2. The van der Waals surface area contributed by atoms with Crippen LogP contribution >= 0.6 is 0 Å². The second kappa shape index (κ2) is 7.29. The van der Waals surface area contributed by atoms with E-state index in [4.69, 9.17) is 9.26 Å². The molecule has 2 aromatic rings. The SMILES string of the molecule is CCCC[C@H]1C[C@@H](CC(F)(F)c2nc(-c3ccccc3)no2)OC1=O. The van der Waals surface area contributed by atoms with Crippen molar-refractivity contribution >= 4 is 5.97 Å². The summed E-state index contributed by atoms with van der Waals surface area (Å²) in [5, 5.41) is 3.62. The molecule has 1 aliphatic heterocycles. The number of carbonyl (C=O) groups excluding carboxylic acids is 1. The monoisotopic (exact) mass is 350 g/mol. The Labute approximate surface area is 144 Å². The molecule has 0 N–H and O–H groups in total. The van der Waals surface area contributed by atoms with E-state index in [-0.39, 0.29) is 17.7 Å². The van der Waals surface area contributed by atoms with Crippen molar-refractivity contribution in [3.8, 4) is 11.4 Å². The first-order valence-electron chi connectivity index (χ1n) is 8.47. The van der Waals surface area contributed by atoms with Gasteiger partial charge >= 0.3 is 11.9 Å². The topological polar surface area (TPSA) is 65.2 Å². The molecule has 0 unspecified atom stereocenters. The first-order chi connectivity index (χ1) is 12.0. The maximum absolute atomic E-state index is 14.5. The Morgan fingerprint density at radius 3 is 2.76 bits per heavy atom. The maximum atomic E-state index is 14.5. The highest BCUT2D eigenvalue weighted by molar-refractivity contribution is 5.74. The number of unbranched alkanes of at least 4 members (excludes halogenated alkanes) is 1. The van der Waals surface area contributed by atoms with Gasteiger partial charge in [0.15, 0.2) is 0 Å². The number of alkyl halides is 2. The van der Waals surface area contributed by atoms with Crippen LogP contribution in [0.4, 0.5) is 8.78 Å². The van der Waals surface area contributed by atoms with E-state index < -0.39 is 24.3 Å². The molecule has 0 saturated carbocycles. The van der Waals surface area contributed by atoms with Gasteiger partial charge in [-0.25, -0.2) is 0 Å². The van der Waals surface area contributed by atoms with Crippen molar-refractivity contribution in [2.45, 2.75) is 51.1 Å². The number of ether oxygens (including phenoxy) is 1. The van der Waals surface area contributed by atoms with Crippen molar-refractivity contribution < 1.29 is 22.8 Å². The first kappa shape index (κ1) is 17.5. The molecule has 5 nitrogen and oxygen atoms in total. The minimum Gasteiger partial charge on any atom is -0.462 e. The summed E-state index contributed by atoms with van der Waals surface area (Å²) in [6, 6.07) is 8.76. The Balaban J connectivity index is 1.66. The molecule has 3 rings (SSSR count). The number of hydrogen-bond acceptors (Lipinski definition) is 5. The van der Waals surface area contributed by atoms with Gasteiger partial charge in [0.05, 0.1) is 12.3 Å². The molecular formula is C18H20F2N2O3. The van der Waals surface area contributed by atoms with Gasteiger partial charge in [0.25, 0.3) is 5.89 Å². The van der Waals surface area contributed by atoms with E-state index in [1.54, 1.807) is 24.3 Å². The molecule has 2 atom stereocenters. The zero-order valence-corrected chi connectivity index (χ0v) is 14.0. The van der Waals surface area contributed by atoms with Crippen LogP contribution in [0.3, 0.4) is 0 Å². The molecule has 7 heteroatoms.